The standard InChI is InChI=1S/C22H24N2O3/c1-5-15-8-7-9-16(12-15)23-21(26)22(3)14-24(20(25)6-2)19-11-10-17(27-4)13-18(19)22/h6-13H,2,5,14H2,1,3-4H3,(H,23,26). The van der Waals surface area contributed by atoms with E-state index in [4.69, 9.17) is 4.74 Å². The molecule has 2 aromatic rings. The van der Waals surface area contributed by atoms with Crippen LogP contribution in [0.2, 0.25) is 0 Å². The Bertz CT molecular complexity index is 906. The molecule has 0 fully saturated rings. The lowest BCUT2D eigenvalue weighted by Gasteiger charge is -2.24. The molecule has 1 aliphatic rings. The number of carbonyl (C=O) groups excluding carboxylic acids is 2. The molecular formula is C22H24N2O3. The van der Waals surface area contributed by atoms with Crippen molar-refractivity contribution in [2.24, 2.45) is 0 Å². The predicted molar refractivity (Wildman–Crippen MR) is 107 cm³/mol. The lowest BCUT2D eigenvalue weighted by atomic mass is 9.83. The van der Waals surface area contributed by atoms with Crippen molar-refractivity contribution in [1.82, 2.24) is 0 Å². The molecule has 27 heavy (non-hydrogen) atoms. The van der Waals surface area contributed by atoms with Gasteiger partial charge in [-0.15, -0.1) is 0 Å². The summed E-state index contributed by atoms with van der Waals surface area (Å²) in [7, 11) is 1.58. The van der Waals surface area contributed by atoms with Gasteiger partial charge in [0.05, 0.1) is 12.5 Å². The van der Waals surface area contributed by atoms with Gasteiger partial charge >= 0.3 is 0 Å². The van der Waals surface area contributed by atoms with E-state index in [1.807, 2.05) is 43.3 Å². The molecule has 3 rings (SSSR count). The molecular weight excluding hydrogens is 340 g/mol. The number of benzene rings is 2. The van der Waals surface area contributed by atoms with Gasteiger partial charge in [-0.3, -0.25) is 9.59 Å². The number of hydrogen-bond acceptors (Lipinski definition) is 3. The van der Waals surface area contributed by atoms with Crippen LogP contribution >= 0.6 is 0 Å². The summed E-state index contributed by atoms with van der Waals surface area (Å²) in [6.07, 6.45) is 2.16. The molecule has 2 amide bonds. The molecule has 1 N–H and O–H groups in total. The Morgan fingerprint density at radius 1 is 1.30 bits per heavy atom. The van der Waals surface area contributed by atoms with E-state index in [1.54, 1.807) is 18.1 Å². The van der Waals surface area contributed by atoms with Gasteiger partial charge in [0.2, 0.25) is 11.8 Å². The van der Waals surface area contributed by atoms with Gasteiger partial charge in [0.25, 0.3) is 0 Å². The van der Waals surface area contributed by atoms with Crippen LogP contribution in [0.3, 0.4) is 0 Å². The number of amides is 2. The van der Waals surface area contributed by atoms with Crippen LogP contribution in [0.5, 0.6) is 5.75 Å². The molecule has 140 valence electrons. The maximum absolute atomic E-state index is 13.2. The van der Waals surface area contributed by atoms with E-state index in [2.05, 4.69) is 18.8 Å². The van der Waals surface area contributed by atoms with E-state index in [0.717, 1.165) is 23.2 Å². The van der Waals surface area contributed by atoms with Gasteiger partial charge in [-0.05, 0) is 60.9 Å². The quantitative estimate of drug-likeness (QED) is 0.823. The fourth-order valence-electron chi connectivity index (χ4n) is 3.45. The molecule has 5 nitrogen and oxygen atoms in total. The molecule has 5 heteroatoms. The summed E-state index contributed by atoms with van der Waals surface area (Å²) in [5.41, 5.74) is 2.47. The third kappa shape index (κ3) is 3.33. The monoisotopic (exact) mass is 364 g/mol. The van der Waals surface area contributed by atoms with Crippen LogP contribution in [-0.2, 0) is 21.4 Å². The Balaban J connectivity index is 1.99. The minimum atomic E-state index is -0.898. The molecule has 1 heterocycles. The van der Waals surface area contributed by atoms with Gasteiger partial charge in [-0.2, -0.15) is 0 Å². The van der Waals surface area contributed by atoms with Crippen molar-refractivity contribution in [3.8, 4) is 5.75 Å². The second-order valence-corrected chi connectivity index (χ2v) is 6.85. The summed E-state index contributed by atoms with van der Waals surface area (Å²) in [6, 6.07) is 13.2. The number of nitrogens with zero attached hydrogens (tertiary/aromatic N) is 1. The number of hydrogen-bond donors (Lipinski definition) is 1. The largest absolute Gasteiger partial charge is 0.497 e. The fourth-order valence-corrected chi connectivity index (χ4v) is 3.45. The second kappa shape index (κ2) is 7.27. The molecule has 2 aromatic carbocycles. The van der Waals surface area contributed by atoms with Crippen molar-refractivity contribution in [2.75, 3.05) is 23.9 Å². The van der Waals surface area contributed by atoms with Crippen molar-refractivity contribution < 1.29 is 14.3 Å². The van der Waals surface area contributed by atoms with Gasteiger partial charge in [-0.25, -0.2) is 0 Å². The summed E-state index contributed by atoms with van der Waals surface area (Å²) >= 11 is 0. The van der Waals surface area contributed by atoms with Crippen molar-refractivity contribution in [3.05, 3.63) is 66.2 Å². The zero-order valence-corrected chi connectivity index (χ0v) is 15.9. The number of fused-ring (bicyclic) bond motifs is 1. The van der Waals surface area contributed by atoms with Crippen LogP contribution in [0.25, 0.3) is 0 Å². The molecule has 0 aliphatic carbocycles. The SMILES string of the molecule is C=CC(=O)N1CC(C)(C(=O)Nc2cccc(CC)c2)c2cc(OC)ccc21. The number of ether oxygens (including phenoxy) is 1. The number of carbonyl (C=O) groups is 2. The molecule has 0 saturated carbocycles. The molecule has 0 radical (unpaired) electrons. The van der Waals surface area contributed by atoms with Gasteiger partial charge in [-0.1, -0.05) is 25.6 Å². The molecule has 0 spiro atoms. The maximum atomic E-state index is 13.2. The lowest BCUT2D eigenvalue weighted by molar-refractivity contribution is -0.120. The highest BCUT2D eigenvalue weighted by atomic mass is 16.5. The van der Waals surface area contributed by atoms with E-state index in [0.29, 0.717) is 11.4 Å². The first kappa shape index (κ1) is 18.7. The normalized spacial score (nSPS) is 18.0. The topological polar surface area (TPSA) is 58.6 Å². The molecule has 0 aromatic heterocycles. The molecule has 0 saturated heterocycles. The highest BCUT2D eigenvalue weighted by molar-refractivity contribution is 6.09. The number of rotatable bonds is 5. The number of aryl methyl sites for hydroxylation is 1. The van der Waals surface area contributed by atoms with E-state index >= 15 is 0 Å². The van der Waals surface area contributed by atoms with Gasteiger partial charge in [0.1, 0.15) is 5.75 Å². The first-order valence-electron chi connectivity index (χ1n) is 8.95. The van der Waals surface area contributed by atoms with Crippen molar-refractivity contribution in [2.45, 2.75) is 25.7 Å². The summed E-state index contributed by atoms with van der Waals surface area (Å²) < 4.78 is 5.33. The summed E-state index contributed by atoms with van der Waals surface area (Å²) in [5.74, 6) is 0.254. The zero-order valence-electron chi connectivity index (χ0n) is 15.9. The maximum Gasteiger partial charge on any atom is 0.250 e. The minimum Gasteiger partial charge on any atom is -0.497 e. The Morgan fingerprint density at radius 2 is 2.07 bits per heavy atom. The Kier molecular flexibility index (Phi) is 5.04. The smallest absolute Gasteiger partial charge is 0.250 e. The van der Waals surface area contributed by atoms with Gasteiger partial charge < -0.3 is 15.0 Å². The third-order valence-corrected chi connectivity index (χ3v) is 5.10. The highest BCUT2D eigenvalue weighted by Crippen LogP contribution is 2.43. The number of methoxy groups -OCH3 is 1. The number of anilines is 2. The van der Waals surface area contributed by atoms with E-state index in [-0.39, 0.29) is 18.4 Å². The lowest BCUT2D eigenvalue weighted by Crippen LogP contribution is -2.43. The zero-order chi connectivity index (χ0) is 19.6. The summed E-state index contributed by atoms with van der Waals surface area (Å²) in [4.78, 5) is 27.2. The average molecular weight is 364 g/mol. The van der Waals surface area contributed by atoms with Crippen molar-refractivity contribution >= 4 is 23.2 Å². The predicted octanol–water partition coefficient (Wildman–Crippen LogP) is 3.69. The highest BCUT2D eigenvalue weighted by Gasteiger charge is 2.46. The van der Waals surface area contributed by atoms with Crippen molar-refractivity contribution in [3.63, 3.8) is 0 Å². The Hall–Kier alpha value is -3.08. The molecule has 0 bridgehead atoms. The van der Waals surface area contributed by atoms with E-state index < -0.39 is 5.41 Å². The second-order valence-electron chi connectivity index (χ2n) is 6.85. The number of nitrogens with one attached hydrogen (secondary N) is 1. The first-order chi connectivity index (χ1) is 12.9. The first-order valence-corrected chi connectivity index (χ1v) is 8.95. The molecule has 1 aliphatic heterocycles. The Morgan fingerprint density at radius 3 is 2.74 bits per heavy atom. The van der Waals surface area contributed by atoms with Gasteiger partial charge in [0, 0.05) is 17.9 Å². The van der Waals surface area contributed by atoms with E-state index in [9.17, 15) is 9.59 Å². The van der Waals surface area contributed by atoms with Crippen LogP contribution in [0.1, 0.15) is 25.0 Å². The molecule has 1 unspecified atom stereocenters. The van der Waals surface area contributed by atoms with Crippen LogP contribution in [0.15, 0.2) is 55.1 Å². The van der Waals surface area contributed by atoms with Crippen LogP contribution in [-0.4, -0.2) is 25.5 Å². The summed E-state index contributed by atoms with van der Waals surface area (Å²) in [6.45, 7) is 7.74. The van der Waals surface area contributed by atoms with Crippen LogP contribution < -0.4 is 15.0 Å². The van der Waals surface area contributed by atoms with Crippen molar-refractivity contribution in [1.29, 1.82) is 0 Å². The van der Waals surface area contributed by atoms with Gasteiger partial charge in [0.15, 0.2) is 0 Å². The average Bonchev–Trinajstić information content (AvgIpc) is 3.01. The molecule has 1 atom stereocenters. The third-order valence-electron chi connectivity index (χ3n) is 5.10. The van der Waals surface area contributed by atoms with Crippen LogP contribution in [0, 0.1) is 0 Å². The fraction of sp³-hybridized carbons (Fsp3) is 0.273. The summed E-state index contributed by atoms with van der Waals surface area (Å²) in [5, 5.41) is 3.01. The minimum absolute atomic E-state index is 0.162. The van der Waals surface area contributed by atoms with E-state index in [1.165, 1.54) is 6.08 Å². The Labute approximate surface area is 159 Å². The van der Waals surface area contributed by atoms with Crippen LogP contribution in [0.4, 0.5) is 11.4 Å².